The van der Waals surface area contributed by atoms with Crippen LogP contribution in [0, 0.1) is 5.92 Å². The molecule has 0 aliphatic rings. The van der Waals surface area contributed by atoms with Crippen LogP contribution in [0.4, 0.5) is 13.2 Å². The molecule has 0 saturated carbocycles. The number of H-pyrrole nitrogens is 1. The van der Waals surface area contributed by atoms with Gasteiger partial charge in [-0.05, 0) is 24.1 Å². The molecule has 1 heterocycles. The monoisotopic (exact) mass is 358 g/mol. The third-order valence-electron chi connectivity index (χ3n) is 3.78. The summed E-state index contributed by atoms with van der Waals surface area (Å²) in [6.07, 6.45) is -3.64. The second-order valence-corrected chi connectivity index (χ2v) is 5.97. The average Bonchev–Trinajstić information content (AvgIpc) is 2.96. The zero-order valence-corrected chi connectivity index (χ0v) is 14.2. The van der Waals surface area contributed by atoms with Crippen molar-refractivity contribution in [3.8, 4) is 5.75 Å². The fraction of sp³-hybridized carbons (Fsp3) is 0.471. The van der Waals surface area contributed by atoms with Crippen molar-refractivity contribution in [2.75, 3.05) is 13.7 Å². The van der Waals surface area contributed by atoms with E-state index in [1.807, 2.05) is 24.4 Å². The molecule has 0 amide bonds. The predicted molar refractivity (Wildman–Crippen MR) is 87.3 cm³/mol. The number of halogens is 3. The maximum atomic E-state index is 12.4. The lowest BCUT2D eigenvalue weighted by Gasteiger charge is -2.23. The zero-order valence-electron chi connectivity index (χ0n) is 14.2. The Bertz CT molecular complexity index is 725. The van der Waals surface area contributed by atoms with Crippen LogP contribution in [0.3, 0.4) is 0 Å². The Hall–Kier alpha value is -2.22. The number of aromatic nitrogens is 1. The molecule has 0 fully saturated rings. The molecule has 0 aliphatic carbocycles. The van der Waals surface area contributed by atoms with Gasteiger partial charge in [0.15, 0.2) is 6.23 Å². The van der Waals surface area contributed by atoms with Gasteiger partial charge >= 0.3 is 12.1 Å². The molecule has 0 spiro atoms. The molecule has 1 atom stereocenters. The van der Waals surface area contributed by atoms with Gasteiger partial charge in [0.2, 0.25) is 0 Å². The molecule has 0 bridgehead atoms. The fourth-order valence-electron chi connectivity index (χ4n) is 2.53. The molecular weight excluding hydrogens is 337 g/mol. The number of methoxy groups -OCH3 is 1. The molecule has 0 aliphatic heterocycles. The highest BCUT2D eigenvalue weighted by Gasteiger charge is 2.42. The molecule has 2 rings (SSSR count). The number of hydrogen-bond donors (Lipinski definition) is 2. The first-order chi connectivity index (χ1) is 11.7. The van der Waals surface area contributed by atoms with Crippen LogP contribution in [0.15, 0.2) is 24.4 Å². The summed E-state index contributed by atoms with van der Waals surface area (Å²) in [6, 6.07) is 5.62. The first kappa shape index (κ1) is 19.1. The number of nitrogens with one attached hydrogen (secondary N) is 2. The molecule has 8 heteroatoms. The Balaban J connectivity index is 2.02. The summed E-state index contributed by atoms with van der Waals surface area (Å²) in [5.74, 6) is -1.77. The van der Waals surface area contributed by atoms with E-state index in [0.29, 0.717) is 13.0 Å². The number of hydrogen-bond acceptors (Lipinski definition) is 4. The maximum absolute atomic E-state index is 12.4. The summed E-state index contributed by atoms with van der Waals surface area (Å²) < 4.78 is 46.9. The van der Waals surface area contributed by atoms with Gasteiger partial charge in [-0.2, -0.15) is 13.2 Å². The molecule has 0 radical (unpaired) electrons. The summed E-state index contributed by atoms with van der Waals surface area (Å²) >= 11 is 0. The number of ether oxygens (including phenoxy) is 2. The van der Waals surface area contributed by atoms with E-state index in [1.165, 1.54) is 0 Å². The Morgan fingerprint density at radius 3 is 2.64 bits per heavy atom. The van der Waals surface area contributed by atoms with E-state index in [9.17, 15) is 18.0 Å². The van der Waals surface area contributed by atoms with Crippen molar-refractivity contribution in [1.82, 2.24) is 10.3 Å². The normalized spacial score (nSPS) is 13.2. The number of fused-ring (bicyclic) bond motifs is 1. The standard InChI is InChI=1S/C17H21F3N2O3/c1-10(2)15(25-16(23)17(18,19)20)21-8-7-11-9-22-12-5-4-6-13(24-3)14(11)12/h4-6,9-10,15,21-22H,7-8H2,1-3H3. The number of aromatic amines is 1. The van der Waals surface area contributed by atoms with E-state index in [1.54, 1.807) is 21.0 Å². The molecule has 2 aromatic rings. The van der Waals surface area contributed by atoms with Crippen molar-refractivity contribution in [2.24, 2.45) is 5.92 Å². The molecule has 1 aromatic heterocycles. The lowest BCUT2D eigenvalue weighted by atomic mass is 10.1. The molecule has 0 saturated heterocycles. The van der Waals surface area contributed by atoms with Crippen LogP contribution in [0.5, 0.6) is 5.75 Å². The highest BCUT2D eigenvalue weighted by molar-refractivity contribution is 5.89. The van der Waals surface area contributed by atoms with Crippen LogP contribution < -0.4 is 10.1 Å². The van der Waals surface area contributed by atoms with E-state index < -0.39 is 18.4 Å². The number of alkyl halides is 3. The van der Waals surface area contributed by atoms with Gasteiger partial charge in [-0.25, -0.2) is 4.79 Å². The Kier molecular flexibility index (Phi) is 5.94. The number of benzene rings is 1. The highest BCUT2D eigenvalue weighted by atomic mass is 19.4. The minimum Gasteiger partial charge on any atom is -0.496 e. The quantitative estimate of drug-likeness (QED) is 0.588. The van der Waals surface area contributed by atoms with E-state index in [0.717, 1.165) is 22.2 Å². The van der Waals surface area contributed by atoms with E-state index >= 15 is 0 Å². The average molecular weight is 358 g/mol. The van der Waals surface area contributed by atoms with Crippen molar-refractivity contribution >= 4 is 16.9 Å². The predicted octanol–water partition coefficient (Wildman–Crippen LogP) is 3.40. The van der Waals surface area contributed by atoms with Gasteiger partial charge in [-0.3, -0.25) is 5.32 Å². The van der Waals surface area contributed by atoms with Crippen LogP contribution in [0.25, 0.3) is 10.9 Å². The van der Waals surface area contributed by atoms with Gasteiger partial charge in [-0.15, -0.1) is 0 Å². The molecular formula is C17H21F3N2O3. The largest absolute Gasteiger partial charge is 0.496 e. The highest BCUT2D eigenvalue weighted by Crippen LogP contribution is 2.28. The lowest BCUT2D eigenvalue weighted by molar-refractivity contribution is -0.208. The van der Waals surface area contributed by atoms with E-state index in [-0.39, 0.29) is 5.92 Å². The summed E-state index contributed by atoms with van der Waals surface area (Å²) in [4.78, 5) is 14.2. The van der Waals surface area contributed by atoms with E-state index in [2.05, 4.69) is 15.0 Å². The zero-order chi connectivity index (χ0) is 18.6. The second-order valence-electron chi connectivity index (χ2n) is 5.97. The first-order valence-electron chi connectivity index (χ1n) is 7.88. The molecule has 2 N–H and O–H groups in total. The van der Waals surface area contributed by atoms with Gasteiger partial charge in [-0.1, -0.05) is 19.9 Å². The Morgan fingerprint density at radius 1 is 1.32 bits per heavy atom. The minimum absolute atomic E-state index is 0.302. The van der Waals surface area contributed by atoms with Crippen LogP contribution >= 0.6 is 0 Å². The number of esters is 1. The molecule has 1 unspecified atom stereocenters. The van der Waals surface area contributed by atoms with Crippen molar-refractivity contribution in [3.63, 3.8) is 0 Å². The fourth-order valence-corrected chi connectivity index (χ4v) is 2.53. The van der Waals surface area contributed by atoms with Gasteiger partial charge < -0.3 is 14.5 Å². The smallest absolute Gasteiger partial charge is 0.490 e. The van der Waals surface area contributed by atoms with Gasteiger partial charge in [0.1, 0.15) is 5.75 Å². The third kappa shape index (κ3) is 4.66. The summed E-state index contributed by atoms with van der Waals surface area (Å²) in [5, 5.41) is 3.80. The Labute approximate surface area is 143 Å². The minimum atomic E-state index is -5.00. The third-order valence-corrected chi connectivity index (χ3v) is 3.78. The summed E-state index contributed by atoms with van der Waals surface area (Å²) in [7, 11) is 1.58. The Morgan fingerprint density at radius 2 is 2.04 bits per heavy atom. The number of carbonyl (C=O) groups excluding carboxylic acids is 1. The number of rotatable bonds is 7. The molecule has 1 aromatic carbocycles. The van der Waals surface area contributed by atoms with Crippen LogP contribution in [0.2, 0.25) is 0 Å². The van der Waals surface area contributed by atoms with E-state index in [4.69, 9.17) is 4.74 Å². The van der Waals surface area contributed by atoms with Crippen LogP contribution in [0.1, 0.15) is 19.4 Å². The maximum Gasteiger partial charge on any atom is 0.490 e. The van der Waals surface area contributed by atoms with Crippen molar-refractivity contribution in [3.05, 3.63) is 30.0 Å². The summed E-state index contributed by atoms with van der Waals surface area (Å²) in [6.45, 7) is 3.70. The first-order valence-corrected chi connectivity index (χ1v) is 7.88. The molecule has 25 heavy (non-hydrogen) atoms. The number of carbonyl (C=O) groups is 1. The molecule has 138 valence electrons. The summed E-state index contributed by atoms with van der Waals surface area (Å²) in [5.41, 5.74) is 1.88. The van der Waals surface area contributed by atoms with Gasteiger partial charge in [0, 0.05) is 29.6 Å². The molecule has 5 nitrogen and oxygen atoms in total. The van der Waals surface area contributed by atoms with Gasteiger partial charge in [0.25, 0.3) is 0 Å². The van der Waals surface area contributed by atoms with Crippen LogP contribution in [-0.2, 0) is 16.0 Å². The van der Waals surface area contributed by atoms with Crippen molar-refractivity contribution in [2.45, 2.75) is 32.7 Å². The topological polar surface area (TPSA) is 63.4 Å². The SMILES string of the molecule is COc1cccc2[nH]cc(CCNC(OC(=O)C(F)(F)F)C(C)C)c12. The lowest BCUT2D eigenvalue weighted by Crippen LogP contribution is -2.42. The van der Waals surface area contributed by atoms with Crippen molar-refractivity contribution < 1.29 is 27.4 Å². The van der Waals surface area contributed by atoms with Crippen molar-refractivity contribution in [1.29, 1.82) is 0 Å². The second kappa shape index (κ2) is 7.77. The van der Waals surface area contributed by atoms with Gasteiger partial charge in [0.05, 0.1) is 7.11 Å². The van der Waals surface area contributed by atoms with Crippen LogP contribution in [-0.4, -0.2) is 37.0 Å².